The molecule has 0 spiro atoms. The Bertz CT molecular complexity index is 1040. The van der Waals surface area contributed by atoms with Crippen LogP contribution in [0.3, 0.4) is 0 Å². The predicted octanol–water partition coefficient (Wildman–Crippen LogP) is -0.0531. The highest BCUT2D eigenvalue weighted by molar-refractivity contribution is 7.84. The van der Waals surface area contributed by atoms with E-state index in [0.29, 0.717) is 9.87 Å². The molecule has 0 radical (unpaired) electrons. The number of benzene rings is 1. The second kappa shape index (κ2) is 7.53. The van der Waals surface area contributed by atoms with Crippen molar-refractivity contribution in [3.63, 3.8) is 0 Å². The first-order valence-electron chi connectivity index (χ1n) is 7.73. The van der Waals surface area contributed by atoms with Gasteiger partial charge in [-0.05, 0) is 5.56 Å². The van der Waals surface area contributed by atoms with Crippen LogP contribution in [0.25, 0.3) is 0 Å². The normalized spacial score (nSPS) is 19.9. The minimum absolute atomic E-state index is 0.136. The van der Waals surface area contributed by atoms with E-state index in [1.54, 1.807) is 30.3 Å². The fourth-order valence-corrected chi connectivity index (χ4v) is 4.16. The van der Waals surface area contributed by atoms with E-state index in [4.69, 9.17) is 5.73 Å². The lowest BCUT2D eigenvalue weighted by atomic mass is 9.91. The van der Waals surface area contributed by atoms with Gasteiger partial charge in [-0.15, -0.1) is 11.3 Å². The minimum Gasteiger partial charge on any atom is -0.398 e. The number of nitrogen functional groups attached to an aromatic ring is 1. The average molecular weight is 425 g/mol. The van der Waals surface area contributed by atoms with Crippen molar-refractivity contribution < 1.29 is 27.4 Å². The first kappa shape index (κ1) is 19.7. The van der Waals surface area contributed by atoms with Gasteiger partial charge in [0, 0.05) is 5.38 Å². The Morgan fingerprint density at radius 1 is 1.39 bits per heavy atom. The van der Waals surface area contributed by atoms with Crippen molar-refractivity contribution in [3.8, 4) is 0 Å². The molecule has 1 aromatic heterocycles. The Hall–Kier alpha value is -3.03. The molecule has 13 heteroatoms. The highest BCUT2D eigenvalue weighted by atomic mass is 32.2. The van der Waals surface area contributed by atoms with Gasteiger partial charge in [0.1, 0.15) is 24.9 Å². The first-order valence-corrected chi connectivity index (χ1v) is 10.0. The van der Waals surface area contributed by atoms with Gasteiger partial charge in [-0.3, -0.25) is 14.1 Å². The van der Waals surface area contributed by atoms with Gasteiger partial charge in [0.05, 0.1) is 0 Å². The SMILES string of the molecule is CO/N=C(\C(=O)N[C@H]1C(=O)N(S(=O)(=O)O)[C@H]1c1ccccc1)c1csc(N)n1. The molecule has 2 atom stereocenters. The van der Waals surface area contributed by atoms with Crippen molar-refractivity contribution in [2.24, 2.45) is 5.16 Å². The van der Waals surface area contributed by atoms with E-state index in [1.807, 2.05) is 0 Å². The maximum Gasteiger partial charge on any atom is 0.362 e. The van der Waals surface area contributed by atoms with Gasteiger partial charge in [0.25, 0.3) is 11.8 Å². The Morgan fingerprint density at radius 2 is 2.07 bits per heavy atom. The molecule has 1 aromatic carbocycles. The van der Waals surface area contributed by atoms with Crippen molar-refractivity contribution in [2.75, 3.05) is 12.8 Å². The van der Waals surface area contributed by atoms with Gasteiger partial charge >= 0.3 is 10.3 Å². The van der Waals surface area contributed by atoms with Crippen molar-refractivity contribution in [1.29, 1.82) is 0 Å². The number of hydrogen-bond acceptors (Lipinski definition) is 9. The summed E-state index contributed by atoms with van der Waals surface area (Å²) < 4.78 is 32.8. The molecule has 1 saturated heterocycles. The molecule has 2 aromatic rings. The van der Waals surface area contributed by atoms with E-state index in [0.717, 1.165) is 11.3 Å². The molecule has 1 aliphatic rings. The van der Waals surface area contributed by atoms with Crippen LogP contribution >= 0.6 is 11.3 Å². The van der Waals surface area contributed by atoms with Gasteiger partial charge in [-0.1, -0.05) is 35.5 Å². The highest BCUT2D eigenvalue weighted by Gasteiger charge is 2.54. The molecule has 148 valence electrons. The lowest BCUT2D eigenvalue weighted by Gasteiger charge is -2.44. The number of nitrogens with zero attached hydrogens (tertiary/aromatic N) is 3. The van der Waals surface area contributed by atoms with Crippen LogP contribution in [0.5, 0.6) is 0 Å². The maximum absolute atomic E-state index is 12.6. The van der Waals surface area contributed by atoms with Gasteiger partial charge in [0.2, 0.25) is 0 Å². The van der Waals surface area contributed by atoms with Gasteiger partial charge in [-0.25, -0.2) is 9.29 Å². The summed E-state index contributed by atoms with van der Waals surface area (Å²) in [5.74, 6) is -1.80. The molecule has 1 aliphatic heterocycles. The average Bonchev–Trinajstić information content (AvgIpc) is 3.07. The zero-order valence-corrected chi connectivity index (χ0v) is 16.0. The number of carbonyl (C=O) groups is 2. The third-order valence-electron chi connectivity index (χ3n) is 3.89. The van der Waals surface area contributed by atoms with E-state index in [1.165, 1.54) is 12.5 Å². The maximum atomic E-state index is 12.6. The minimum atomic E-state index is -4.81. The van der Waals surface area contributed by atoms with Crippen LogP contribution in [0.2, 0.25) is 0 Å². The van der Waals surface area contributed by atoms with Crippen LogP contribution in [-0.2, 0) is 24.7 Å². The molecule has 0 unspecified atom stereocenters. The number of rotatable bonds is 6. The zero-order chi connectivity index (χ0) is 20.5. The lowest BCUT2D eigenvalue weighted by molar-refractivity contribution is -0.145. The summed E-state index contributed by atoms with van der Waals surface area (Å²) in [5.41, 5.74) is 5.87. The summed E-state index contributed by atoms with van der Waals surface area (Å²) in [4.78, 5) is 33.6. The van der Waals surface area contributed by atoms with E-state index >= 15 is 0 Å². The number of amides is 2. The Labute approximate surface area is 163 Å². The van der Waals surface area contributed by atoms with Crippen LogP contribution in [-0.4, -0.2) is 52.9 Å². The number of β-lactam (4-membered cyclic amide) rings is 1. The standard InChI is InChI=1S/C15H15N5O6S2/c1-26-19-10(9-7-27-15(16)17-9)13(21)18-11-12(8-5-3-2-4-6-8)20(14(11)22)28(23,24)25/h2-7,11-12H,1H3,(H2,16,17)(H,18,21)(H,23,24,25)/b19-10-/t11-,12+/m1/s1. The predicted molar refractivity (Wildman–Crippen MR) is 99.6 cm³/mol. The molecule has 0 saturated carbocycles. The van der Waals surface area contributed by atoms with E-state index < -0.39 is 34.2 Å². The fraction of sp³-hybridized carbons (Fsp3) is 0.200. The van der Waals surface area contributed by atoms with Crippen molar-refractivity contribution in [2.45, 2.75) is 12.1 Å². The van der Waals surface area contributed by atoms with E-state index in [-0.39, 0.29) is 16.5 Å². The number of aromatic nitrogens is 1. The molecular formula is C15H15N5O6S2. The third kappa shape index (κ3) is 3.67. The smallest absolute Gasteiger partial charge is 0.362 e. The number of anilines is 1. The summed E-state index contributed by atoms with van der Waals surface area (Å²) in [6.45, 7) is 0. The van der Waals surface area contributed by atoms with Crippen LogP contribution in [0, 0.1) is 0 Å². The second-order valence-electron chi connectivity index (χ2n) is 5.61. The van der Waals surface area contributed by atoms with Crippen LogP contribution in [0.15, 0.2) is 40.9 Å². The third-order valence-corrected chi connectivity index (χ3v) is 5.47. The second-order valence-corrected chi connectivity index (χ2v) is 7.79. The van der Waals surface area contributed by atoms with Crippen molar-refractivity contribution >= 4 is 44.3 Å². The molecule has 11 nitrogen and oxygen atoms in total. The Kier molecular flexibility index (Phi) is 5.31. The monoisotopic (exact) mass is 425 g/mol. The summed E-state index contributed by atoms with van der Waals surface area (Å²) in [5, 5.41) is 7.71. The zero-order valence-electron chi connectivity index (χ0n) is 14.3. The molecule has 1 fully saturated rings. The molecular weight excluding hydrogens is 410 g/mol. The summed E-state index contributed by atoms with van der Waals surface area (Å²) in [6, 6.07) is 5.75. The molecule has 0 aliphatic carbocycles. The van der Waals surface area contributed by atoms with Gasteiger partial charge in [0.15, 0.2) is 10.8 Å². The molecule has 2 heterocycles. The Morgan fingerprint density at radius 3 is 2.61 bits per heavy atom. The van der Waals surface area contributed by atoms with Gasteiger partial charge in [-0.2, -0.15) is 8.42 Å². The highest BCUT2D eigenvalue weighted by Crippen LogP contribution is 2.37. The molecule has 0 bridgehead atoms. The number of thiazole rings is 1. The number of nitrogens with one attached hydrogen (secondary N) is 1. The molecule has 4 N–H and O–H groups in total. The molecule has 3 rings (SSSR count). The summed E-state index contributed by atoms with van der Waals surface area (Å²) in [7, 11) is -3.58. The van der Waals surface area contributed by atoms with Crippen molar-refractivity contribution in [1.82, 2.24) is 14.6 Å². The van der Waals surface area contributed by atoms with Crippen LogP contribution in [0.1, 0.15) is 17.3 Å². The van der Waals surface area contributed by atoms with Crippen LogP contribution < -0.4 is 11.1 Å². The summed E-state index contributed by atoms with van der Waals surface area (Å²) in [6.07, 6.45) is 0. The van der Waals surface area contributed by atoms with Gasteiger partial charge < -0.3 is 15.9 Å². The first-order chi connectivity index (χ1) is 13.2. The largest absolute Gasteiger partial charge is 0.398 e. The Balaban J connectivity index is 1.90. The number of hydrogen-bond donors (Lipinski definition) is 3. The number of carbonyl (C=O) groups excluding carboxylic acids is 2. The quantitative estimate of drug-likeness (QED) is 0.251. The van der Waals surface area contributed by atoms with E-state index in [9.17, 15) is 22.6 Å². The molecule has 28 heavy (non-hydrogen) atoms. The van der Waals surface area contributed by atoms with Crippen molar-refractivity contribution in [3.05, 3.63) is 47.0 Å². The van der Waals surface area contributed by atoms with E-state index in [2.05, 4.69) is 20.3 Å². The van der Waals surface area contributed by atoms with Crippen LogP contribution in [0.4, 0.5) is 5.13 Å². The number of nitrogens with two attached hydrogens (primary N) is 1. The summed E-state index contributed by atoms with van der Waals surface area (Å²) >= 11 is 1.08. The lowest BCUT2D eigenvalue weighted by Crippen LogP contribution is -2.67. The topological polar surface area (TPSA) is 164 Å². The number of oxime groups is 1. The fourth-order valence-electron chi connectivity index (χ4n) is 2.74. The molecule has 2 amide bonds.